The minimum atomic E-state index is -0.490. The van der Waals surface area contributed by atoms with Crippen molar-refractivity contribution in [3.05, 3.63) is 63.6 Å². The van der Waals surface area contributed by atoms with Gasteiger partial charge in [-0.2, -0.15) is 0 Å². The van der Waals surface area contributed by atoms with E-state index in [-0.39, 0.29) is 37.0 Å². The van der Waals surface area contributed by atoms with Crippen molar-refractivity contribution in [1.82, 2.24) is 0 Å². The van der Waals surface area contributed by atoms with Crippen molar-refractivity contribution in [2.75, 3.05) is 18.1 Å². The van der Waals surface area contributed by atoms with Crippen molar-refractivity contribution in [3.63, 3.8) is 0 Å². The van der Waals surface area contributed by atoms with Gasteiger partial charge >= 0.3 is 11.9 Å². The SMILES string of the molecule is CCOC(=O)C1=C(C(=O)OCC)[C@@H]2CC(c3cccs3)N(c3ccc(F)cc3)[C@H]12. The quantitative estimate of drug-likeness (QED) is 0.660. The Kier molecular flexibility index (Phi) is 5.41. The van der Waals surface area contributed by atoms with Gasteiger partial charge in [-0.05, 0) is 56.0 Å². The summed E-state index contributed by atoms with van der Waals surface area (Å²) in [5.74, 6) is -1.40. The van der Waals surface area contributed by atoms with E-state index in [0.29, 0.717) is 17.6 Å². The van der Waals surface area contributed by atoms with Crippen LogP contribution in [0.3, 0.4) is 0 Å². The molecule has 2 aromatic rings. The number of hydrogen-bond acceptors (Lipinski definition) is 6. The molecule has 3 atom stereocenters. The molecule has 1 saturated heterocycles. The molecule has 1 unspecified atom stereocenters. The molecule has 1 aliphatic heterocycles. The zero-order valence-corrected chi connectivity index (χ0v) is 17.1. The van der Waals surface area contributed by atoms with E-state index in [1.165, 1.54) is 12.1 Å². The van der Waals surface area contributed by atoms with Gasteiger partial charge < -0.3 is 14.4 Å². The standard InChI is InChI=1S/C22H22FNO4S/c1-3-27-21(25)18-15-12-16(17-6-5-11-29-17)24(14-9-7-13(23)8-10-14)20(15)19(18)22(26)28-4-2/h5-11,15-16,20H,3-4,12H2,1-2H3/t15-,16?,20-/m0/s1. The molecule has 5 nitrogen and oxygen atoms in total. The predicted octanol–water partition coefficient (Wildman–Crippen LogP) is 4.26. The number of ether oxygens (including phenoxy) is 2. The maximum Gasteiger partial charge on any atom is 0.336 e. The molecule has 0 N–H and O–H groups in total. The number of benzene rings is 1. The van der Waals surface area contributed by atoms with Crippen molar-refractivity contribution in [2.24, 2.45) is 5.92 Å². The summed E-state index contributed by atoms with van der Waals surface area (Å²) in [4.78, 5) is 28.6. The summed E-state index contributed by atoms with van der Waals surface area (Å²) in [7, 11) is 0. The molecule has 0 bridgehead atoms. The Morgan fingerprint density at radius 3 is 2.31 bits per heavy atom. The van der Waals surface area contributed by atoms with Crippen LogP contribution in [-0.2, 0) is 19.1 Å². The molecule has 2 heterocycles. The predicted molar refractivity (Wildman–Crippen MR) is 108 cm³/mol. The lowest BCUT2D eigenvalue weighted by molar-refractivity contribution is -0.144. The topological polar surface area (TPSA) is 55.8 Å². The molecule has 7 heteroatoms. The summed E-state index contributed by atoms with van der Waals surface area (Å²) in [6.07, 6.45) is 0.680. The van der Waals surface area contributed by atoms with E-state index in [9.17, 15) is 14.0 Å². The molecule has 1 aliphatic carbocycles. The van der Waals surface area contributed by atoms with Gasteiger partial charge in [0.2, 0.25) is 0 Å². The van der Waals surface area contributed by atoms with E-state index >= 15 is 0 Å². The average molecular weight is 415 g/mol. The highest BCUT2D eigenvalue weighted by Gasteiger charge is 2.57. The minimum Gasteiger partial charge on any atom is -0.463 e. The molecule has 1 aromatic carbocycles. The summed E-state index contributed by atoms with van der Waals surface area (Å²) in [5, 5.41) is 2.00. The fourth-order valence-electron chi connectivity index (χ4n) is 4.35. The van der Waals surface area contributed by atoms with E-state index in [2.05, 4.69) is 4.90 Å². The lowest BCUT2D eigenvalue weighted by Gasteiger charge is -2.40. The number of hydrogen-bond donors (Lipinski definition) is 0. The summed E-state index contributed by atoms with van der Waals surface area (Å²) < 4.78 is 24.0. The number of carbonyl (C=O) groups excluding carboxylic acids is 2. The van der Waals surface area contributed by atoms with Gasteiger partial charge in [0.1, 0.15) is 5.82 Å². The molecule has 0 amide bonds. The second kappa shape index (κ2) is 7.99. The monoisotopic (exact) mass is 415 g/mol. The zero-order chi connectivity index (χ0) is 20.5. The first-order chi connectivity index (χ1) is 14.1. The maximum absolute atomic E-state index is 13.5. The van der Waals surface area contributed by atoms with Crippen LogP contribution < -0.4 is 4.90 Å². The van der Waals surface area contributed by atoms with E-state index in [4.69, 9.17) is 9.47 Å². The van der Waals surface area contributed by atoms with Gasteiger partial charge in [0, 0.05) is 16.5 Å². The second-order valence-corrected chi connectivity index (χ2v) is 7.95. The van der Waals surface area contributed by atoms with Crippen LogP contribution in [0, 0.1) is 11.7 Å². The van der Waals surface area contributed by atoms with Crippen LogP contribution in [-0.4, -0.2) is 31.2 Å². The molecule has 0 spiro atoms. The molecular formula is C22H22FNO4S. The number of thiophene rings is 1. The molecular weight excluding hydrogens is 393 g/mol. The lowest BCUT2D eigenvalue weighted by atomic mass is 9.72. The number of halogens is 1. The van der Waals surface area contributed by atoms with Crippen molar-refractivity contribution in [1.29, 1.82) is 0 Å². The Balaban J connectivity index is 1.79. The van der Waals surface area contributed by atoms with Crippen molar-refractivity contribution in [3.8, 4) is 0 Å². The van der Waals surface area contributed by atoms with Gasteiger partial charge in [0.25, 0.3) is 0 Å². The molecule has 0 radical (unpaired) electrons. The van der Waals surface area contributed by atoms with E-state index < -0.39 is 11.9 Å². The van der Waals surface area contributed by atoms with E-state index in [1.807, 2.05) is 17.5 Å². The number of nitrogens with zero attached hydrogens (tertiary/aromatic N) is 1. The molecule has 1 aromatic heterocycles. The zero-order valence-electron chi connectivity index (χ0n) is 16.3. The van der Waals surface area contributed by atoms with Gasteiger partial charge in [0.15, 0.2) is 0 Å². The summed E-state index contributed by atoms with van der Waals surface area (Å²) in [5.41, 5.74) is 1.59. The first kappa shape index (κ1) is 19.6. The van der Waals surface area contributed by atoms with Gasteiger partial charge in [0.05, 0.1) is 36.4 Å². The van der Waals surface area contributed by atoms with E-state index in [1.54, 1.807) is 37.3 Å². The van der Waals surface area contributed by atoms with Gasteiger partial charge in [-0.1, -0.05) is 6.07 Å². The molecule has 1 fully saturated rings. The largest absolute Gasteiger partial charge is 0.463 e. The molecule has 4 rings (SSSR count). The average Bonchev–Trinajstić information content (AvgIpc) is 3.30. The Morgan fingerprint density at radius 1 is 1.07 bits per heavy atom. The van der Waals surface area contributed by atoms with Crippen LogP contribution in [0.4, 0.5) is 10.1 Å². The highest BCUT2D eigenvalue weighted by molar-refractivity contribution is 7.10. The molecule has 2 aliphatic rings. The van der Waals surface area contributed by atoms with Crippen LogP contribution in [0.15, 0.2) is 52.9 Å². The Morgan fingerprint density at radius 2 is 1.72 bits per heavy atom. The third-order valence-electron chi connectivity index (χ3n) is 5.44. The summed E-state index contributed by atoms with van der Waals surface area (Å²) in [6.45, 7) is 3.94. The number of rotatable bonds is 6. The van der Waals surface area contributed by atoms with Crippen molar-refractivity contribution >= 4 is 29.0 Å². The Labute approximate surface area is 172 Å². The number of esters is 2. The van der Waals surface area contributed by atoms with Crippen LogP contribution in [0.2, 0.25) is 0 Å². The fraction of sp³-hybridized carbons (Fsp3) is 0.364. The van der Waals surface area contributed by atoms with Gasteiger partial charge in [-0.15, -0.1) is 11.3 Å². The first-order valence-corrected chi connectivity index (χ1v) is 10.6. The van der Waals surface area contributed by atoms with Crippen molar-refractivity contribution in [2.45, 2.75) is 32.4 Å². The first-order valence-electron chi connectivity index (χ1n) is 9.72. The van der Waals surface area contributed by atoms with Gasteiger partial charge in [-0.25, -0.2) is 14.0 Å². The molecule has 152 valence electrons. The van der Waals surface area contributed by atoms with Crippen LogP contribution in [0.5, 0.6) is 0 Å². The van der Waals surface area contributed by atoms with Crippen LogP contribution in [0.1, 0.15) is 31.2 Å². The van der Waals surface area contributed by atoms with Crippen LogP contribution in [0.25, 0.3) is 0 Å². The minimum absolute atomic E-state index is 0.0215. The second-order valence-electron chi connectivity index (χ2n) is 6.97. The Hall–Kier alpha value is -2.67. The highest BCUT2D eigenvalue weighted by Crippen LogP contribution is 2.55. The third-order valence-corrected chi connectivity index (χ3v) is 6.41. The molecule has 0 saturated carbocycles. The fourth-order valence-corrected chi connectivity index (χ4v) is 5.19. The van der Waals surface area contributed by atoms with Gasteiger partial charge in [-0.3, -0.25) is 0 Å². The summed E-state index contributed by atoms with van der Waals surface area (Å²) in [6, 6.07) is 9.95. The number of carbonyl (C=O) groups is 2. The maximum atomic E-state index is 13.5. The van der Waals surface area contributed by atoms with Crippen molar-refractivity contribution < 1.29 is 23.5 Å². The Bertz CT molecular complexity index is 938. The smallest absolute Gasteiger partial charge is 0.336 e. The highest BCUT2D eigenvalue weighted by atomic mass is 32.1. The lowest BCUT2D eigenvalue weighted by Crippen LogP contribution is -2.48. The number of anilines is 1. The van der Waals surface area contributed by atoms with Crippen LogP contribution >= 0.6 is 11.3 Å². The summed E-state index contributed by atoms with van der Waals surface area (Å²) >= 11 is 1.63. The number of fused-ring (bicyclic) bond motifs is 1. The normalized spacial score (nSPS) is 22.9. The third kappa shape index (κ3) is 3.33. The van der Waals surface area contributed by atoms with E-state index in [0.717, 1.165) is 10.6 Å². The molecule has 29 heavy (non-hydrogen) atoms.